The minimum atomic E-state index is -4.72. The van der Waals surface area contributed by atoms with Gasteiger partial charge in [-0.05, 0) is 13.0 Å². The van der Waals surface area contributed by atoms with E-state index in [4.69, 9.17) is 11.6 Å². The number of hydrogen-bond donors (Lipinski definition) is 4. The van der Waals surface area contributed by atoms with Gasteiger partial charge in [0, 0.05) is 25.4 Å². The standard InChI is InChI=1S/C21H18ClF3N8O3S/c1-9(31-17(34)13-3-14(30-8-29-13)18(35)32-10-4-26-5-10)20-28-7-15(37-20)19(36)33-16-2-11(21(23,24)25)12(22)6-27-16/h2-3,6-10,26H,4-5H2,1H3,(H,31,34)(H,32,35)(H,27,33,36). The molecule has 37 heavy (non-hydrogen) atoms. The van der Waals surface area contributed by atoms with Gasteiger partial charge < -0.3 is 21.3 Å². The second-order valence-electron chi connectivity index (χ2n) is 7.88. The van der Waals surface area contributed by atoms with Crippen LogP contribution in [0.5, 0.6) is 0 Å². The quantitative estimate of drug-likeness (QED) is 0.348. The Hall–Kier alpha value is -3.69. The van der Waals surface area contributed by atoms with E-state index in [-0.39, 0.29) is 28.1 Å². The Morgan fingerprint density at radius 3 is 2.41 bits per heavy atom. The molecule has 3 aromatic heterocycles. The van der Waals surface area contributed by atoms with Crippen molar-refractivity contribution in [3.63, 3.8) is 0 Å². The Morgan fingerprint density at radius 1 is 1.05 bits per heavy atom. The zero-order valence-corrected chi connectivity index (χ0v) is 20.5. The first kappa shape index (κ1) is 26.4. The number of anilines is 1. The molecule has 1 unspecified atom stereocenters. The van der Waals surface area contributed by atoms with Crippen molar-refractivity contribution < 1.29 is 27.6 Å². The fraction of sp³-hybridized carbons (Fsp3) is 0.286. The van der Waals surface area contributed by atoms with Crippen molar-refractivity contribution in [1.82, 2.24) is 35.9 Å². The highest BCUT2D eigenvalue weighted by molar-refractivity contribution is 7.13. The SMILES string of the molecule is CC(NC(=O)c1cc(C(=O)NC2CNC2)ncn1)c1ncc(C(=O)Nc2cc(C(F)(F)F)c(Cl)cn2)s1. The van der Waals surface area contributed by atoms with Crippen LogP contribution in [-0.4, -0.2) is 56.8 Å². The van der Waals surface area contributed by atoms with Crippen molar-refractivity contribution in [3.05, 3.63) is 62.7 Å². The van der Waals surface area contributed by atoms with Crippen LogP contribution in [0.4, 0.5) is 19.0 Å². The molecule has 4 N–H and O–H groups in total. The number of aromatic nitrogens is 4. The lowest BCUT2D eigenvalue weighted by Crippen LogP contribution is -2.57. The van der Waals surface area contributed by atoms with Gasteiger partial charge in [-0.3, -0.25) is 14.4 Å². The van der Waals surface area contributed by atoms with Crippen LogP contribution < -0.4 is 21.3 Å². The van der Waals surface area contributed by atoms with Gasteiger partial charge in [0.2, 0.25) is 0 Å². The largest absolute Gasteiger partial charge is 0.418 e. The van der Waals surface area contributed by atoms with Crippen LogP contribution in [0.2, 0.25) is 5.02 Å². The molecule has 0 aliphatic carbocycles. The molecule has 1 aliphatic rings. The van der Waals surface area contributed by atoms with Crippen LogP contribution in [0.3, 0.4) is 0 Å². The molecule has 1 atom stereocenters. The van der Waals surface area contributed by atoms with Crippen LogP contribution in [0.1, 0.15) is 54.2 Å². The summed E-state index contributed by atoms with van der Waals surface area (Å²) < 4.78 is 39.1. The van der Waals surface area contributed by atoms with E-state index in [2.05, 4.69) is 41.2 Å². The van der Waals surface area contributed by atoms with Gasteiger partial charge in [-0.25, -0.2) is 19.9 Å². The van der Waals surface area contributed by atoms with E-state index in [9.17, 15) is 27.6 Å². The summed E-state index contributed by atoms with van der Waals surface area (Å²) in [6.07, 6.45) is -1.59. The second-order valence-corrected chi connectivity index (χ2v) is 9.35. The lowest BCUT2D eigenvalue weighted by Gasteiger charge is -2.27. The topological polar surface area (TPSA) is 151 Å². The molecule has 1 aliphatic heterocycles. The number of amides is 3. The summed E-state index contributed by atoms with van der Waals surface area (Å²) in [6.45, 7) is 2.92. The molecule has 0 aromatic carbocycles. The Balaban J connectivity index is 1.38. The number of thiazole rings is 1. The van der Waals surface area contributed by atoms with Crippen LogP contribution in [0.15, 0.2) is 30.9 Å². The van der Waals surface area contributed by atoms with Crippen LogP contribution in [-0.2, 0) is 6.18 Å². The molecule has 194 valence electrons. The van der Waals surface area contributed by atoms with Crippen LogP contribution in [0.25, 0.3) is 0 Å². The number of carbonyl (C=O) groups excluding carboxylic acids is 3. The number of hydrogen-bond acceptors (Lipinski definition) is 9. The summed E-state index contributed by atoms with van der Waals surface area (Å²) in [7, 11) is 0. The smallest absolute Gasteiger partial charge is 0.345 e. The Bertz CT molecular complexity index is 1350. The number of alkyl halides is 3. The van der Waals surface area contributed by atoms with E-state index in [1.165, 1.54) is 12.3 Å². The molecule has 0 radical (unpaired) electrons. The number of nitrogens with zero attached hydrogens (tertiary/aromatic N) is 4. The highest BCUT2D eigenvalue weighted by atomic mass is 35.5. The highest BCUT2D eigenvalue weighted by Gasteiger charge is 2.34. The minimum absolute atomic E-state index is 0.00164. The molecule has 3 aromatic rings. The zero-order valence-electron chi connectivity index (χ0n) is 18.9. The molecular formula is C21H18ClF3N8O3S. The summed E-state index contributed by atoms with van der Waals surface area (Å²) in [5.41, 5.74) is -1.13. The molecule has 0 spiro atoms. The van der Waals surface area contributed by atoms with Crippen molar-refractivity contribution in [2.24, 2.45) is 0 Å². The van der Waals surface area contributed by atoms with Gasteiger partial charge in [-0.15, -0.1) is 11.3 Å². The van der Waals surface area contributed by atoms with Gasteiger partial charge in [0.25, 0.3) is 17.7 Å². The van der Waals surface area contributed by atoms with Crippen molar-refractivity contribution in [1.29, 1.82) is 0 Å². The van der Waals surface area contributed by atoms with Gasteiger partial charge in [-0.1, -0.05) is 11.6 Å². The molecule has 11 nitrogen and oxygen atoms in total. The number of pyridine rings is 1. The molecular weight excluding hydrogens is 537 g/mol. The summed E-state index contributed by atoms with van der Waals surface area (Å²) >= 11 is 6.47. The third-order valence-corrected chi connectivity index (χ3v) is 6.60. The summed E-state index contributed by atoms with van der Waals surface area (Å²) in [4.78, 5) is 53.1. The Morgan fingerprint density at radius 2 is 1.76 bits per heavy atom. The fourth-order valence-corrected chi connectivity index (χ4v) is 4.11. The average molecular weight is 555 g/mol. The summed E-state index contributed by atoms with van der Waals surface area (Å²) in [5, 5.41) is 10.5. The van der Waals surface area contributed by atoms with E-state index in [1.807, 2.05) is 0 Å². The second kappa shape index (κ2) is 10.7. The molecule has 0 bridgehead atoms. The molecule has 1 fully saturated rings. The van der Waals surface area contributed by atoms with E-state index < -0.39 is 40.5 Å². The highest BCUT2D eigenvalue weighted by Crippen LogP contribution is 2.35. The lowest BCUT2D eigenvalue weighted by molar-refractivity contribution is -0.137. The molecule has 3 amide bonds. The van der Waals surface area contributed by atoms with Gasteiger partial charge in [0.05, 0.1) is 28.9 Å². The van der Waals surface area contributed by atoms with Gasteiger partial charge >= 0.3 is 6.18 Å². The maximum atomic E-state index is 13.0. The summed E-state index contributed by atoms with van der Waals surface area (Å²) in [5.74, 6) is -2.10. The van der Waals surface area contributed by atoms with Crippen LogP contribution in [0, 0.1) is 0 Å². The Labute approximate surface area is 216 Å². The maximum absolute atomic E-state index is 13.0. The summed E-state index contributed by atoms with van der Waals surface area (Å²) in [6, 6.07) is 1.24. The van der Waals surface area contributed by atoms with E-state index >= 15 is 0 Å². The average Bonchev–Trinajstić information content (AvgIpc) is 3.32. The first-order valence-corrected chi connectivity index (χ1v) is 11.8. The first-order chi connectivity index (χ1) is 17.5. The van der Waals surface area contributed by atoms with E-state index in [0.29, 0.717) is 24.2 Å². The van der Waals surface area contributed by atoms with Gasteiger partial charge in [-0.2, -0.15) is 13.2 Å². The van der Waals surface area contributed by atoms with Crippen LogP contribution >= 0.6 is 22.9 Å². The van der Waals surface area contributed by atoms with Crippen molar-refractivity contribution in [2.45, 2.75) is 25.2 Å². The van der Waals surface area contributed by atoms with E-state index in [1.54, 1.807) is 6.92 Å². The monoisotopic (exact) mass is 554 g/mol. The number of rotatable bonds is 7. The normalized spacial score (nSPS) is 14.4. The molecule has 0 saturated carbocycles. The van der Waals surface area contributed by atoms with E-state index in [0.717, 1.165) is 23.9 Å². The number of halogens is 4. The number of carbonyl (C=O) groups is 3. The molecule has 4 heterocycles. The maximum Gasteiger partial charge on any atom is 0.418 e. The first-order valence-electron chi connectivity index (χ1n) is 10.7. The van der Waals surface area contributed by atoms with Crippen molar-refractivity contribution in [2.75, 3.05) is 18.4 Å². The van der Waals surface area contributed by atoms with Crippen molar-refractivity contribution >= 4 is 46.5 Å². The van der Waals surface area contributed by atoms with Crippen molar-refractivity contribution in [3.8, 4) is 0 Å². The number of nitrogens with one attached hydrogen (secondary N) is 4. The third kappa shape index (κ3) is 6.36. The fourth-order valence-electron chi connectivity index (χ4n) is 3.08. The lowest BCUT2D eigenvalue weighted by atomic mass is 10.1. The predicted molar refractivity (Wildman–Crippen MR) is 126 cm³/mol. The van der Waals surface area contributed by atoms with Gasteiger partial charge in [0.15, 0.2) is 0 Å². The zero-order chi connectivity index (χ0) is 26.7. The predicted octanol–water partition coefficient (Wildman–Crippen LogP) is 2.45. The minimum Gasteiger partial charge on any atom is -0.345 e. The van der Waals surface area contributed by atoms with Gasteiger partial charge in [0.1, 0.15) is 33.4 Å². The Kier molecular flexibility index (Phi) is 7.65. The molecule has 16 heteroatoms. The molecule has 1 saturated heterocycles. The third-order valence-electron chi connectivity index (χ3n) is 5.12. The molecule has 4 rings (SSSR count).